The molecule has 0 saturated carbocycles. The van der Waals surface area contributed by atoms with E-state index in [1.54, 1.807) is 6.07 Å². The Morgan fingerprint density at radius 2 is 2.24 bits per heavy atom. The highest BCUT2D eigenvalue weighted by Crippen LogP contribution is 2.21. The first-order valence-electron chi connectivity index (χ1n) is 5.69. The van der Waals surface area contributed by atoms with Crippen LogP contribution in [0.15, 0.2) is 24.3 Å². The lowest BCUT2D eigenvalue weighted by Crippen LogP contribution is -1.95. The molecule has 0 spiro atoms. The van der Waals surface area contributed by atoms with E-state index >= 15 is 0 Å². The van der Waals surface area contributed by atoms with Gasteiger partial charge in [0.15, 0.2) is 0 Å². The highest BCUT2D eigenvalue weighted by molar-refractivity contribution is 5.94. The summed E-state index contributed by atoms with van der Waals surface area (Å²) in [6, 6.07) is 7.15. The molecule has 0 radical (unpaired) electrons. The Bertz CT molecular complexity index is 530. The van der Waals surface area contributed by atoms with Crippen LogP contribution in [0.2, 0.25) is 0 Å². The normalized spacial score (nSPS) is 10.6. The van der Waals surface area contributed by atoms with E-state index in [0.717, 1.165) is 29.5 Å². The number of fused-ring (bicyclic) bond motifs is 1. The van der Waals surface area contributed by atoms with Crippen molar-refractivity contribution in [2.75, 3.05) is 6.61 Å². The Balaban J connectivity index is 2.21. The summed E-state index contributed by atoms with van der Waals surface area (Å²) >= 11 is 0. The third kappa shape index (κ3) is 2.58. The summed E-state index contributed by atoms with van der Waals surface area (Å²) in [7, 11) is 0. The predicted octanol–water partition coefficient (Wildman–Crippen LogP) is 3.05. The lowest BCUT2D eigenvalue weighted by atomic mass is 10.2. The van der Waals surface area contributed by atoms with Crippen LogP contribution >= 0.6 is 0 Å². The van der Waals surface area contributed by atoms with Crippen molar-refractivity contribution in [2.24, 2.45) is 0 Å². The molecule has 1 heterocycles. The molecule has 90 valence electrons. The van der Waals surface area contributed by atoms with E-state index in [9.17, 15) is 4.79 Å². The van der Waals surface area contributed by atoms with E-state index in [1.165, 1.54) is 0 Å². The molecule has 2 rings (SSSR count). The third-order valence-electron chi connectivity index (χ3n) is 2.59. The van der Waals surface area contributed by atoms with E-state index in [2.05, 4.69) is 11.9 Å². The summed E-state index contributed by atoms with van der Waals surface area (Å²) in [5.41, 5.74) is 1.01. The van der Waals surface area contributed by atoms with Crippen LogP contribution in [0.5, 0.6) is 5.75 Å². The maximum absolute atomic E-state index is 10.8. The number of H-pyrrole nitrogens is 1. The second-order valence-corrected chi connectivity index (χ2v) is 3.94. The Kier molecular flexibility index (Phi) is 3.32. The summed E-state index contributed by atoms with van der Waals surface area (Å²) in [5, 5.41) is 9.72. The van der Waals surface area contributed by atoms with Crippen LogP contribution in [0.25, 0.3) is 10.9 Å². The van der Waals surface area contributed by atoms with Gasteiger partial charge in [-0.2, -0.15) is 0 Å². The summed E-state index contributed by atoms with van der Waals surface area (Å²) in [6.45, 7) is 2.80. The number of benzene rings is 1. The van der Waals surface area contributed by atoms with Gasteiger partial charge in [0.05, 0.1) is 6.61 Å². The van der Waals surface area contributed by atoms with Gasteiger partial charge in [-0.3, -0.25) is 0 Å². The highest BCUT2D eigenvalue weighted by Gasteiger charge is 2.07. The molecule has 0 unspecified atom stereocenters. The molecule has 0 fully saturated rings. The zero-order chi connectivity index (χ0) is 12.3. The molecule has 1 aromatic heterocycles. The monoisotopic (exact) mass is 233 g/mol. The number of aromatic nitrogens is 1. The quantitative estimate of drug-likeness (QED) is 0.780. The van der Waals surface area contributed by atoms with Gasteiger partial charge < -0.3 is 14.8 Å². The average molecular weight is 233 g/mol. The van der Waals surface area contributed by atoms with Gasteiger partial charge in [-0.25, -0.2) is 4.79 Å². The molecule has 0 aliphatic heterocycles. The minimum Gasteiger partial charge on any atom is -0.494 e. The summed E-state index contributed by atoms with van der Waals surface area (Å²) in [4.78, 5) is 13.6. The van der Waals surface area contributed by atoms with Crippen LogP contribution in [-0.2, 0) is 0 Å². The molecule has 0 aliphatic rings. The van der Waals surface area contributed by atoms with Gasteiger partial charge in [-0.05, 0) is 30.7 Å². The van der Waals surface area contributed by atoms with Crippen LogP contribution in [-0.4, -0.2) is 22.7 Å². The predicted molar refractivity (Wildman–Crippen MR) is 65.7 cm³/mol. The zero-order valence-corrected chi connectivity index (χ0v) is 9.69. The number of hydrogen-bond donors (Lipinski definition) is 2. The van der Waals surface area contributed by atoms with Crippen LogP contribution in [0, 0.1) is 0 Å². The second-order valence-electron chi connectivity index (χ2n) is 3.94. The number of ether oxygens (including phenoxy) is 1. The number of hydrogen-bond acceptors (Lipinski definition) is 2. The topological polar surface area (TPSA) is 62.3 Å². The largest absolute Gasteiger partial charge is 0.494 e. The number of unbranched alkanes of at least 4 members (excludes halogenated alkanes) is 1. The second kappa shape index (κ2) is 4.91. The fourth-order valence-corrected chi connectivity index (χ4v) is 1.65. The molecule has 4 heteroatoms. The first-order valence-corrected chi connectivity index (χ1v) is 5.69. The average Bonchev–Trinajstić information content (AvgIpc) is 2.72. The van der Waals surface area contributed by atoms with E-state index in [1.807, 2.05) is 18.2 Å². The number of rotatable bonds is 5. The maximum Gasteiger partial charge on any atom is 0.352 e. The van der Waals surface area contributed by atoms with Gasteiger partial charge in [-0.15, -0.1) is 0 Å². The Morgan fingerprint density at radius 1 is 1.41 bits per heavy atom. The van der Waals surface area contributed by atoms with Gasteiger partial charge in [0.1, 0.15) is 11.4 Å². The van der Waals surface area contributed by atoms with Gasteiger partial charge in [0, 0.05) is 10.9 Å². The number of carboxylic acids is 1. The molecular weight excluding hydrogens is 218 g/mol. The molecule has 1 aromatic carbocycles. The molecule has 0 bridgehead atoms. The third-order valence-corrected chi connectivity index (χ3v) is 2.59. The van der Waals surface area contributed by atoms with Crippen molar-refractivity contribution in [2.45, 2.75) is 19.8 Å². The van der Waals surface area contributed by atoms with E-state index in [-0.39, 0.29) is 5.69 Å². The fourth-order valence-electron chi connectivity index (χ4n) is 1.65. The molecule has 2 N–H and O–H groups in total. The zero-order valence-electron chi connectivity index (χ0n) is 9.69. The first kappa shape index (κ1) is 11.5. The van der Waals surface area contributed by atoms with Gasteiger partial charge in [0.2, 0.25) is 0 Å². The van der Waals surface area contributed by atoms with Gasteiger partial charge in [-0.1, -0.05) is 13.3 Å². The number of carboxylic acid groups (broad SMARTS) is 1. The van der Waals surface area contributed by atoms with Gasteiger partial charge >= 0.3 is 5.97 Å². The van der Waals surface area contributed by atoms with Crippen molar-refractivity contribution in [3.63, 3.8) is 0 Å². The first-order chi connectivity index (χ1) is 8.20. The summed E-state index contributed by atoms with van der Waals surface area (Å²) in [5.74, 6) is -0.170. The lowest BCUT2D eigenvalue weighted by molar-refractivity contribution is 0.0691. The van der Waals surface area contributed by atoms with E-state index < -0.39 is 5.97 Å². The smallest absolute Gasteiger partial charge is 0.352 e. The Morgan fingerprint density at radius 3 is 2.94 bits per heavy atom. The lowest BCUT2D eigenvalue weighted by Gasteiger charge is -2.04. The summed E-state index contributed by atoms with van der Waals surface area (Å²) in [6.07, 6.45) is 2.11. The fraction of sp³-hybridized carbons (Fsp3) is 0.308. The molecule has 0 aliphatic carbocycles. The SMILES string of the molecule is CCCCOc1ccc2[nH]c(C(=O)O)cc2c1. The number of nitrogens with one attached hydrogen (secondary N) is 1. The molecular formula is C13H15NO3. The number of aromatic carboxylic acids is 1. The van der Waals surface area contributed by atoms with Gasteiger partial charge in [0.25, 0.3) is 0 Å². The molecule has 4 nitrogen and oxygen atoms in total. The maximum atomic E-state index is 10.8. The number of carbonyl (C=O) groups is 1. The van der Waals surface area contributed by atoms with Crippen molar-refractivity contribution in [3.8, 4) is 5.75 Å². The molecule has 0 amide bonds. The number of aromatic amines is 1. The minimum absolute atomic E-state index is 0.200. The van der Waals surface area contributed by atoms with Crippen molar-refractivity contribution in [3.05, 3.63) is 30.0 Å². The van der Waals surface area contributed by atoms with Crippen LogP contribution < -0.4 is 4.74 Å². The van der Waals surface area contributed by atoms with Crippen LogP contribution in [0.3, 0.4) is 0 Å². The molecule has 0 saturated heterocycles. The molecule has 0 atom stereocenters. The Labute approximate surface area is 99.2 Å². The van der Waals surface area contributed by atoms with E-state index in [0.29, 0.717) is 6.61 Å². The van der Waals surface area contributed by atoms with Crippen LogP contribution in [0.4, 0.5) is 0 Å². The Hall–Kier alpha value is -1.97. The van der Waals surface area contributed by atoms with Crippen molar-refractivity contribution >= 4 is 16.9 Å². The van der Waals surface area contributed by atoms with Crippen LogP contribution in [0.1, 0.15) is 30.3 Å². The van der Waals surface area contributed by atoms with Crippen molar-refractivity contribution < 1.29 is 14.6 Å². The van der Waals surface area contributed by atoms with Crippen molar-refractivity contribution in [1.29, 1.82) is 0 Å². The minimum atomic E-state index is -0.949. The highest BCUT2D eigenvalue weighted by atomic mass is 16.5. The molecule has 2 aromatic rings. The standard InChI is InChI=1S/C13H15NO3/c1-2-3-6-17-10-4-5-11-9(7-10)8-12(14-11)13(15)16/h4-5,7-8,14H,2-3,6H2,1H3,(H,15,16). The van der Waals surface area contributed by atoms with E-state index in [4.69, 9.17) is 9.84 Å². The molecule has 17 heavy (non-hydrogen) atoms. The summed E-state index contributed by atoms with van der Waals surface area (Å²) < 4.78 is 5.56. The van der Waals surface area contributed by atoms with Crippen molar-refractivity contribution in [1.82, 2.24) is 4.98 Å².